The van der Waals surface area contributed by atoms with E-state index in [1.807, 2.05) is 13.1 Å². The second kappa shape index (κ2) is 5.82. The number of H-pyrrole nitrogens is 1. The van der Waals surface area contributed by atoms with E-state index in [0.717, 1.165) is 25.1 Å². The van der Waals surface area contributed by atoms with Gasteiger partial charge in [-0.3, -0.25) is 4.98 Å². The number of aromatic amines is 1. The number of benzene rings is 1. The summed E-state index contributed by atoms with van der Waals surface area (Å²) in [6, 6.07) is 11.5. The van der Waals surface area contributed by atoms with Crippen molar-refractivity contribution in [3.8, 4) is 0 Å². The minimum absolute atomic E-state index is 0.545. The Kier molecular flexibility index (Phi) is 3.66. The Hall–Kier alpha value is -2.13. The number of hydrogen-bond donors (Lipinski definition) is 2. The summed E-state index contributed by atoms with van der Waals surface area (Å²) >= 11 is 0. The minimum Gasteiger partial charge on any atom is -0.358 e. The van der Waals surface area contributed by atoms with E-state index in [-0.39, 0.29) is 0 Å². The van der Waals surface area contributed by atoms with E-state index in [1.54, 1.807) is 0 Å². The van der Waals surface area contributed by atoms with Gasteiger partial charge in [0, 0.05) is 41.1 Å². The molecular weight excluding hydrogens is 282 g/mol. The number of aryl methyl sites for hydroxylation is 3. The molecule has 118 valence electrons. The molecule has 0 aliphatic heterocycles. The molecule has 4 rings (SSSR count). The molecule has 0 amide bonds. The molecule has 0 radical (unpaired) electrons. The lowest BCUT2D eigenvalue weighted by molar-refractivity contribution is 0.456. The van der Waals surface area contributed by atoms with Crippen LogP contribution in [0.15, 0.2) is 36.5 Å². The van der Waals surface area contributed by atoms with Crippen molar-refractivity contribution in [3.63, 3.8) is 0 Å². The van der Waals surface area contributed by atoms with Crippen molar-refractivity contribution in [1.82, 2.24) is 15.3 Å². The van der Waals surface area contributed by atoms with Gasteiger partial charge in [0.2, 0.25) is 0 Å². The molecule has 2 heterocycles. The van der Waals surface area contributed by atoms with Gasteiger partial charge < -0.3 is 10.3 Å². The van der Waals surface area contributed by atoms with Crippen LogP contribution in [0.2, 0.25) is 0 Å². The lowest BCUT2D eigenvalue weighted by Gasteiger charge is -2.24. The first-order valence-electron chi connectivity index (χ1n) is 8.44. The van der Waals surface area contributed by atoms with Crippen molar-refractivity contribution in [2.45, 2.75) is 45.7 Å². The fraction of sp³-hybridized carbons (Fsp3) is 0.350. The predicted octanol–water partition coefficient (Wildman–Crippen LogP) is 3.83. The van der Waals surface area contributed by atoms with E-state index in [0.29, 0.717) is 6.04 Å². The van der Waals surface area contributed by atoms with Crippen LogP contribution in [-0.4, -0.2) is 16.0 Å². The summed E-state index contributed by atoms with van der Waals surface area (Å²) in [5.74, 6) is 0. The molecule has 1 aliphatic rings. The third kappa shape index (κ3) is 2.89. The van der Waals surface area contributed by atoms with Gasteiger partial charge in [-0.25, -0.2) is 0 Å². The zero-order chi connectivity index (χ0) is 15.8. The fourth-order valence-electron chi connectivity index (χ4n) is 3.57. The van der Waals surface area contributed by atoms with E-state index >= 15 is 0 Å². The summed E-state index contributed by atoms with van der Waals surface area (Å²) in [5.41, 5.74) is 7.89. The highest BCUT2D eigenvalue weighted by molar-refractivity contribution is 5.85. The predicted molar refractivity (Wildman–Crippen MR) is 94.7 cm³/mol. The van der Waals surface area contributed by atoms with Crippen LogP contribution in [0.3, 0.4) is 0 Å². The van der Waals surface area contributed by atoms with Gasteiger partial charge in [0.25, 0.3) is 0 Å². The SMILES string of the molecule is Cc1ccc2[nH]c3c(c2c1)CC(NCc1ccc(C)nc1)CC3. The van der Waals surface area contributed by atoms with Gasteiger partial charge in [0.15, 0.2) is 0 Å². The molecule has 1 aromatic carbocycles. The second-order valence-corrected chi connectivity index (χ2v) is 6.76. The van der Waals surface area contributed by atoms with Crippen LogP contribution in [-0.2, 0) is 19.4 Å². The molecule has 2 N–H and O–H groups in total. The molecule has 0 spiro atoms. The van der Waals surface area contributed by atoms with Crippen molar-refractivity contribution >= 4 is 10.9 Å². The van der Waals surface area contributed by atoms with Gasteiger partial charge in [-0.15, -0.1) is 0 Å². The number of nitrogens with one attached hydrogen (secondary N) is 2. The maximum atomic E-state index is 4.38. The first-order valence-corrected chi connectivity index (χ1v) is 8.44. The lowest BCUT2D eigenvalue weighted by Crippen LogP contribution is -2.34. The molecule has 2 aromatic heterocycles. The van der Waals surface area contributed by atoms with Gasteiger partial charge in [0.1, 0.15) is 0 Å². The summed E-state index contributed by atoms with van der Waals surface area (Å²) in [6.07, 6.45) is 5.41. The Morgan fingerprint density at radius 3 is 2.96 bits per heavy atom. The van der Waals surface area contributed by atoms with Crippen LogP contribution in [0.25, 0.3) is 10.9 Å². The molecule has 3 heteroatoms. The standard InChI is InChI=1S/C20H23N3/c1-13-3-7-19-17(9-13)18-10-16(6-8-20(18)23-19)22-12-15-5-4-14(2)21-11-15/h3-5,7,9,11,16,22-23H,6,8,10,12H2,1-2H3. The van der Waals surface area contributed by atoms with Crippen LogP contribution in [0.4, 0.5) is 0 Å². The maximum absolute atomic E-state index is 4.38. The number of pyridine rings is 1. The molecule has 0 bridgehead atoms. The highest BCUT2D eigenvalue weighted by atomic mass is 14.9. The van der Waals surface area contributed by atoms with Crippen LogP contribution < -0.4 is 5.32 Å². The molecule has 0 fully saturated rings. The Bertz CT molecular complexity index is 830. The largest absolute Gasteiger partial charge is 0.358 e. The van der Waals surface area contributed by atoms with E-state index in [1.165, 1.54) is 39.7 Å². The Morgan fingerprint density at radius 2 is 2.13 bits per heavy atom. The van der Waals surface area contributed by atoms with Gasteiger partial charge in [0.05, 0.1) is 0 Å². The van der Waals surface area contributed by atoms with Crippen molar-refractivity contribution in [1.29, 1.82) is 0 Å². The first kappa shape index (κ1) is 14.5. The molecule has 1 unspecified atom stereocenters. The van der Waals surface area contributed by atoms with E-state index < -0.39 is 0 Å². The van der Waals surface area contributed by atoms with Crippen LogP contribution in [0, 0.1) is 13.8 Å². The molecule has 3 aromatic rings. The Balaban J connectivity index is 1.50. The first-order chi connectivity index (χ1) is 11.2. The summed E-state index contributed by atoms with van der Waals surface area (Å²) < 4.78 is 0. The average molecular weight is 305 g/mol. The quantitative estimate of drug-likeness (QED) is 0.772. The van der Waals surface area contributed by atoms with E-state index in [2.05, 4.69) is 52.5 Å². The van der Waals surface area contributed by atoms with E-state index in [4.69, 9.17) is 0 Å². The molecule has 0 saturated heterocycles. The highest BCUT2D eigenvalue weighted by Crippen LogP contribution is 2.30. The van der Waals surface area contributed by atoms with Gasteiger partial charge >= 0.3 is 0 Å². The number of aromatic nitrogens is 2. The normalized spacial score (nSPS) is 17.4. The fourth-order valence-corrected chi connectivity index (χ4v) is 3.57. The van der Waals surface area contributed by atoms with Crippen molar-refractivity contribution < 1.29 is 0 Å². The van der Waals surface area contributed by atoms with Crippen LogP contribution in [0.5, 0.6) is 0 Å². The summed E-state index contributed by atoms with van der Waals surface area (Å²) in [4.78, 5) is 7.98. The van der Waals surface area contributed by atoms with Gasteiger partial charge in [-0.1, -0.05) is 17.7 Å². The third-order valence-electron chi connectivity index (χ3n) is 4.91. The van der Waals surface area contributed by atoms with Gasteiger partial charge in [-0.2, -0.15) is 0 Å². The summed E-state index contributed by atoms with van der Waals surface area (Å²) in [6.45, 7) is 5.09. The van der Waals surface area contributed by atoms with Crippen molar-refractivity contribution in [2.24, 2.45) is 0 Å². The van der Waals surface area contributed by atoms with Crippen molar-refractivity contribution in [3.05, 3.63) is 64.6 Å². The highest BCUT2D eigenvalue weighted by Gasteiger charge is 2.22. The maximum Gasteiger partial charge on any atom is 0.0459 e. The molecule has 23 heavy (non-hydrogen) atoms. The molecule has 3 nitrogen and oxygen atoms in total. The molecular formula is C20H23N3. The smallest absolute Gasteiger partial charge is 0.0459 e. The molecule has 0 saturated carbocycles. The molecule has 1 aliphatic carbocycles. The van der Waals surface area contributed by atoms with Crippen LogP contribution >= 0.6 is 0 Å². The van der Waals surface area contributed by atoms with Gasteiger partial charge in [-0.05, 0) is 62.4 Å². The Morgan fingerprint density at radius 1 is 1.22 bits per heavy atom. The minimum atomic E-state index is 0.545. The third-order valence-corrected chi connectivity index (χ3v) is 4.91. The number of nitrogens with zero attached hydrogens (tertiary/aromatic N) is 1. The average Bonchev–Trinajstić information content (AvgIpc) is 2.92. The zero-order valence-corrected chi connectivity index (χ0v) is 13.8. The molecule has 1 atom stereocenters. The lowest BCUT2D eigenvalue weighted by atomic mass is 9.91. The number of fused-ring (bicyclic) bond motifs is 3. The summed E-state index contributed by atoms with van der Waals surface area (Å²) in [7, 11) is 0. The second-order valence-electron chi connectivity index (χ2n) is 6.76. The Labute approximate surface area is 137 Å². The van der Waals surface area contributed by atoms with Crippen molar-refractivity contribution in [2.75, 3.05) is 0 Å². The van der Waals surface area contributed by atoms with Crippen LogP contribution in [0.1, 0.15) is 34.5 Å². The number of rotatable bonds is 3. The topological polar surface area (TPSA) is 40.7 Å². The zero-order valence-electron chi connectivity index (χ0n) is 13.8. The summed E-state index contributed by atoms with van der Waals surface area (Å²) in [5, 5.41) is 5.12. The monoisotopic (exact) mass is 305 g/mol. The number of hydrogen-bond acceptors (Lipinski definition) is 2. The van der Waals surface area contributed by atoms with E-state index in [9.17, 15) is 0 Å².